The predicted octanol–water partition coefficient (Wildman–Crippen LogP) is 6.31. The molecule has 1 N–H and O–H groups in total. The fraction of sp³-hybridized carbons (Fsp3) is 0.348. The number of nitrogens with one attached hydrogen (secondary N) is 1. The molecule has 0 unspecified atom stereocenters. The molecule has 0 aliphatic heterocycles. The molecule has 0 fully saturated rings. The van der Waals surface area contributed by atoms with Crippen LogP contribution in [-0.4, -0.2) is 59.8 Å². The van der Waals surface area contributed by atoms with Gasteiger partial charge in [-0.2, -0.15) is 13.2 Å². The first kappa shape index (κ1) is 28.8. The van der Waals surface area contributed by atoms with Crippen LogP contribution in [0.1, 0.15) is 17.5 Å². The molecule has 0 amide bonds. The van der Waals surface area contributed by atoms with E-state index >= 15 is 0 Å². The average molecular weight is 557 g/mol. The smallest absolute Gasteiger partial charge is 0.405 e. The zero-order valence-corrected chi connectivity index (χ0v) is 21.0. The Bertz CT molecular complexity index is 1290. The summed E-state index contributed by atoms with van der Waals surface area (Å²) in [5.41, 5.74) is 8.20. The molecular weight excluding hydrogens is 535 g/mol. The van der Waals surface area contributed by atoms with Crippen LogP contribution >= 0.6 is 11.6 Å². The number of alkyl halides is 3. The van der Waals surface area contributed by atoms with Crippen molar-refractivity contribution in [1.29, 1.82) is 0 Å². The largest absolute Gasteiger partial charge is 0.493 e. The number of anilines is 1. The van der Waals surface area contributed by atoms with E-state index in [1.54, 1.807) is 0 Å². The number of pyridine rings is 1. The van der Waals surface area contributed by atoms with E-state index in [2.05, 4.69) is 30.3 Å². The molecule has 2 aromatic heterocycles. The van der Waals surface area contributed by atoms with Crippen molar-refractivity contribution in [2.45, 2.75) is 19.0 Å². The van der Waals surface area contributed by atoms with Crippen LogP contribution in [0, 0.1) is 11.6 Å². The highest BCUT2D eigenvalue weighted by atomic mass is 35.5. The van der Waals surface area contributed by atoms with Gasteiger partial charge in [0.05, 0.1) is 12.3 Å². The Kier molecular flexibility index (Phi) is 9.61. The highest BCUT2D eigenvalue weighted by Gasteiger charge is 2.28. The maximum atomic E-state index is 14.9. The summed E-state index contributed by atoms with van der Waals surface area (Å²) in [6.07, 6.45) is -3.32. The van der Waals surface area contributed by atoms with Crippen molar-refractivity contribution in [2.75, 3.05) is 39.1 Å². The summed E-state index contributed by atoms with van der Waals surface area (Å²) in [4.78, 5) is 16.7. The number of rotatable bonds is 11. The van der Waals surface area contributed by atoms with Gasteiger partial charge in [0, 0.05) is 47.3 Å². The van der Waals surface area contributed by atoms with Gasteiger partial charge < -0.3 is 15.0 Å². The topological polar surface area (TPSA) is 112 Å². The lowest BCUT2D eigenvalue weighted by Gasteiger charge is -2.16. The summed E-state index contributed by atoms with van der Waals surface area (Å²) >= 11 is 6.27. The third-order valence-electron chi connectivity index (χ3n) is 5.04. The second kappa shape index (κ2) is 12.7. The fourth-order valence-corrected chi connectivity index (χ4v) is 3.50. The molecule has 0 bridgehead atoms. The number of hydrogen-bond donors (Lipinski definition) is 1. The highest BCUT2D eigenvalue weighted by Crippen LogP contribution is 2.31. The second-order valence-corrected chi connectivity index (χ2v) is 8.63. The molecule has 0 saturated carbocycles. The van der Waals surface area contributed by atoms with Crippen LogP contribution in [0.15, 0.2) is 35.6 Å². The van der Waals surface area contributed by atoms with Gasteiger partial charge in [0.1, 0.15) is 40.6 Å². The van der Waals surface area contributed by atoms with Crippen LogP contribution in [0.3, 0.4) is 0 Å². The summed E-state index contributed by atoms with van der Waals surface area (Å²) < 4.78 is 74.0. The van der Waals surface area contributed by atoms with Gasteiger partial charge in [-0.1, -0.05) is 16.7 Å². The molecule has 3 rings (SSSR count). The van der Waals surface area contributed by atoms with Crippen molar-refractivity contribution in [3.8, 4) is 17.3 Å². The summed E-state index contributed by atoms with van der Waals surface area (Å²) in [6, 6.07) is 4.76. The zero-order valence-electron chi connectivity index (χ0n) is 20.2. The van der Waals surface area contributed by atoms with Crippen LogP contribution in [0.4, 0.5) is 33.5 Å². The van der Waals surface area contributed by atoms with Crippen molar-refractivity contribution in [1.82, 2.24) is 19.9 Å². The van der Waals surface area contributed by atoms with Crippen LogP contribution in [-0.2, 0) is 6.42 Å². The number of aromatic nitrogens is 3. The van der Waals surface area contributed by atoms with Crippen LogP contribution in [0.5, 0.6) is 5.75 Å². The minimum absolute atomic E-state index is 0.0223. The minimum Gasteiger partial charge on any atom is -0.493 e. The van der Waals surface area contributed by atoms with E-state index in [0.717, 1.165) is 18.7 Å². The molecule has 15 heteroatoms. The molecule has 3 aromatic rings. The normalized spacial score (nSPS) is 11.4. The molecule has 38 heavy (non-hydrogen) atoms. The van der Waals surface area contributed by atoms with E-state index in [1.165, 1.54) is 18.3 Å². The fourth-order valence-electron chi connectivity index (χ4n) is 3.27. The Morgan fingerprint density at radius 3 is 2.42 bits per heavy atom. The number of hydrogen-bond acceptors (Lipinski definition) is 7. The molecule has 9 nitrogen and oxygen atoms in total. The standard InChI is InChI=1S/C23H22ClF5N8O/c1-37(2)6-3-7-38-14-8-17(25)15(18(26)9-14)10-16-20(24)33-22(34-21(16)32-12-23(27,28)29)19-5-4-13(11-31-19)35-36-30/h4-5,8-9,11H,3,6-7,10,12H2,1-2H3,(H,32,33,34). The molecule has 0 saturated heterocycles. The zero-order chi connectivity index (χ0) is 27.9. The minimum atomic E-state index is -4.62. The first-order chi connectivity index (χ1) is 18.0. The van der Waals surface area contributed by atoms with Crippen LogP contribution in [0.2, 0.25) is 5.15 Å². The first-order valence-corrected chi connectivity index (χ1v) is 11.5. The molecular formula is C23H22ClF5N8O. The molecule has 2 heterocycles. The third kappa shape index (κ3) is 8.13. The molecule has 0 radical (unpaired) electrons. The third-order valence-corrected chi connectivity index (χ3v) is 5.35. The molecule has 0 atom stereocenters. The van der Waals surface area contributed by atoms with Crippen molar-refractivity contribution in [3.05, 3.63) is 68.8 Å². The van der Waals surface area contributed by atoms with Gasteiger partial charge in [0.2, 0.25) is 0 Å². The first-order valence-electron chi connectivity index (χ1n) is 11.1. The predicted molar refractivity (Wildman–Crippen MR) is 131 cm³/mol. The molecule has 0 aliphatic carbocycles. The van der Waals surface area contributed by atoms with E-state index < -0.39 is 36.3 Å². The van der Waals surface area contributed by atoms with E-state index in [9.17, 15) is 22.0 Å². The Morgan fingerprint density at radius 1 is 1.13 bits per heavy atom. The van der Waals surface area contributed by atoms with Crippen LogP contribution in [0.25, 0.3) is 22.0 Å². The highest BCUT2D eigenvalue weighted by molar-refractivity contribution is 6.30. The lowest BCUT2D eigenvalue weighted by atomic mass is 10.0. The molecule has 1 aromatic carbocycles. The Labute approximate surface area is 219 Å². The summed E-state index contributed by atoms with van der Waals surface area (Å²) in [7, 11) is 3.76. The van der Waals surface area contributed by atoms with Gasteiger partial charge in [-0.05, 0) is 38.2 Å². The average Bonchev–Trinajstić information content (AvgIpc) is 2.83. The second-order valence-electron chi connectivity index (χ2n) is 8.27. The van der Waals surface area contributed by atoms with Gasteiger partial charge >= 0.3 is 6.18 Å². The Morgan fingerprint density at radius 2 is 1.84 bits per heavy atom. The lowest BCUT2D eigenvalue weighted by Crippen LogP contribution is -2.23. The summed E-state index contributed by atoms with van der Waals surface area (Å²) in [6.45, 7) is -0.527. The SMILES string of the molecule is CN(C)CCCOc1cc(F)c(Cc2c(Cl)nc(-c3ccc(N=[N+]=[N-])cn3)nc2NCC(F)(F)F)c(F)c1. The summed E-state index contributed by atoms with van der Waals surface area (Å²) in [5, 5.41) is 5.17. The van der Waals surface area contributed by atoms with E-state index in [-0.39, 0.29) is 46.1 Å². The number of nitrogens with zero attached hydrogens (tertiary/aromatic N) is 7. The number of benzene rings is 1. The van der Waals surface area contributed by atoms with Crippen molar-refractivity contribution >= 4 is 23.1 Å². The maximum Gasteiger partial charge on any atom is 0.405 e. The van der Waals surface area contributed by atoms with Crippen LogP contribution < -0.4 is 10.1 Å². The molecule has 202 valence electrons. The molecule has 0 aliphatic rings. The maximum absolute atomic E-state index is 14.9. The van der Waals surface area contributed by atoms with Gasteiger partial charge in [-0.3, -0.25) is 4.98 Å². The quantitative estimate of drug-likeness (QED) is 0.0740. The number of halogens is 6. The van der Waals surface area contributed by atoms with Gasteiger partial charge in [0.15, 0.2) is 5.82 Å². The lowest BCUT2D eigenvalue weighted by molar-refractivity contribution is -0.115. The van der Waals surface area contributed by atoms with Gasteiger partial charge in [0.25, 0.3) is 0 Å². The van der Waals surface area contributed by atoms with E-state index in [0.29, 0.717) is 6.42 Å². The molecule has 0 spiro atoms. The number of azide groups is 1. The number of ether oxygens (including phenoxy) is 1. The van der Waals surface area contributed by atoms with Crippen molar-refractivity contribution in [2.24, 2.45) is 5.11 Å². The Balaban J connectivity index is 1.93. The van der Waals surface area contributed by atoms with Gasteiger partial charge in [-0.15, -0.1) is 0 Å². The van der Waals surface area contributed by atoms with Gasteiger partial charge in [-0.25, -0.2) is 18.7 Å². The van der Waals surface area contributed by atoms with Crippen molar-refractivity contribution in [3.63, 3.8) is 0 Å². The van der Waals surface area contributed by atoms with E-state index in [4.69, 9.17) is 21.9 Å². The van der Waals surface area contributed by atoms with Crippen molar-refractivity contribution < 1.29 is 26.7 Å². The van der Waals surface area contributed by atoms with E-state index in [1.807, 2.05) is 19.0 Å². The Hall–Kier alpha value is -3.74. The summed E-state index contributed by atoms with van der Waals surface area (Å²) in [5.74, 6) is -2.49. The monoisotopic (exact) mass is 556 g/mol.